The maximum Gasteiger partial charge on any atom is 0.320 e. The Labute approximate surface area is 278 Å². The fraction of sp³-hybridized carbons (Fsp3) is 0.472. The molecular formula is C36H40N4O6S. The molecule has 2 fully saturated rings. The second kappa shape index (κ2) is 13.5. The molecule has 3 aromatic rings. The summed E-state index contributed by atoms with van der Waals surface area (Å²) in [5.74, 6) is 2.54. The third-order valence-electron chi connectivity index (χ3n) is 9.84. The van der Waals surface area contributed by atoms with Crippen molar-refractivity contribution in [1.82, 2.24) is 19.8 Å². The quantitative estimate of drug-likeness (QED) is 0.224. The van der Waals surface area contributed by atoms with Crippen LogP contribution in [0.4, 0.5) is 4.79 Å². The van der Waals surface area contributed by atoms with Gasteiger partial charge < -0.3 is 24.4 Å². The second-order valence-electron chi connectivity index (χ2n) is 12.8. The van der Waals surface area contributed by atoms with Gasteiger partial charge in [-0.1, -0.05) is 18.2 Å². The number of benzene rings is 1. The Morgan fingerprint density at radius 2 is 2.06 bits per heavy atom. The average Bonchev–Trinajstić information content (AvgIpc) is 3.55. The minimum Gasteiger partial charge on any atom is -0.489 e. The zero-order valence-corrected chi connectivity index (χ0v) is 27.8. The number of hydrogen-bond acceptors (Lipinski definition) is 9. The van der Waals surface area contributed by atoms with Gasteiger partial charge >= 0.3 is 12.0 Å². The van der Waals surface area contributed by atoms with Crippen molar-refractivity contribution in [1.29, 1.82) is 0 Å². The molecule has 1 N–H and O–H groups in total. The molecule has 1 saturated heterocycles. The molecule has 47 heavy (non-hydrogen) atoms. The Balaban J connectivity index is 1.34. The topological polar surface area (TPSA) is 122 Å². The summed E-state index contributed by atoms with van der Waals surface area (Å²) < 4.78 is 11.9. The van der Waals surface area contributed by atoms with E-state index in [9.17, 15) is 19.5 Å². The molecule has 10 nitrogen and oxygen atoms in total. The summed E-state index contributed by atoms with van der Waals surface area (Å²) in [6.45, 7) is 2.71. The van der Waals surface area contributed by atoms with Crippen molar-refractivity contribution in [3.05, 3.63) is 52.6 Å². The summed E-state index contributed by atoms with van der Waals surface area (Å²) in [6, 6.07) is 4.64. The number of carbonyl (C=O) groups is 3. The fourth-order valence-corrected chi connectivity index (χ4v) is 7.66. The number of rotatable bonds is 5. The van der Waals surface area contributed by atoms with Crippen molar-refractivity contribution in [3.8, 4) is 28.8 Å². The number of fused-ring (bicyclic) bond motifs is 3. The van der Waals surface area contributed by atoms with Crippen LogP contribution in [-0.4, -0.2) is 82.1 Å². The van der Waals surface area contributed by atoms with Crippen LogP contribution in [0.25, 0.3) is 21.6 Å². The molecule has 11 heteroatoms. The van der Waals surface area contributed by atoms with Gasteiger partial charge in [0.05, 0.1) is 30.7 Å². The van der Waals surface area contributed by atoms with Crippen LogP contribution < -0.4 is 4.74 Å². The van der Waals surface area contributed by atoms with Gasteiger partial charge in [-0.05, 0) is 61.6 Å². The van der Waals surface area contributed by atoms with E-state index in [2.05, 4.69) is 23.1 Å². The fourth-order valence-electron chi connectivity index (χ4n) is 6.94. The van der Waals surface area contributed by atoms with Crippen LogP contribution in [0.2, 0.25) is 0 Å². The van der Waals surface area contributed by atoms with Gasteiger partial charge in [0, 0.05) is 56.2 Å². The van der Waals surface area contributed by atoms with E-state index in [1.165, 1.54) is 18.4 Å². The van der Waals surface area contributed by atoms with Crippen molar-refractivity contribution in [3.63, 3.8) is 0 Å². The number of ketones is 1. The summed E-state index contributed by atoms with van der Waals surface area (Å²) in [5, 5.41) is 13.2. The number of carbonyl (C=O) groups excluding carboxylic acids is 3. The number of ether oxygens (including phenoxy) is 2. The van der Waals surface area contributed by atoms with E-state index in [-0.39, 0.29) is 43.2 Å². The van der Waals surface area contributed by atoms with Gasteiger partial charge in [0.1, 0.15) is 28.2 Å². The highest BCUT2D eigenvalue weighted by Crippen LogP contribution is 2.57. The van der Waals surface area contributed by atoms with Gasteiger partial charge in [-0.2, -0.15) is 0 Å². The molecule has 4 atom stereocenters. The van der Waals surface area contributed by atoms with Crippen molar-refractivity contribution in [2.75, 3.05) is 27.2 Å². The molecule has 1 aromatic carbocycles. The predicted octanol–water partition coefficient (Wildman–Crippen LogP) is 5.28. The zero-order valence-electron chi connectivity index (χ0n) is 27.0. The van der Waals surface area contributed by atoms with Gasteiger partial charge in [-0.25, -0.2) is 14.8 Å². The lowest BCUT2D eigenvalue weighted by molar-refractivity contribution is -0.150. The maximum atomic E-state index is 14.2. The molecule has 4 heterocycles. The smallest absolute Gasteiger partial charge is 0.320 e. The number of hydrogen-bond donors (Lipinski definition) is 1. The lowest BCUT2D eigenvalue weighted by atomic mass is 9.88. The number of esters is 1. The number of aliphatic hydroxyl groups excluding tert-OH is 1. The molecule has 3 aliphatic rings. The highest BCUT2D eigenvalue weighted by molar-refractivity contribution is 7.13. The van der Waals surface area contributed by atoms with Crippen molar-refractivity contribution in [2.24, 2.45) is 11.3 Å². The van der Waals surface area contributed by atoms with E-state index in [4.69, 9.17) is 20.9 Å². The number of aryl methyl sites for hydroxylation is 1. The molecule has 6 rings (SSSR count). The number of aromatic nitrogens is 2. The van der Waals surface area contributed by atoms with Crippen LogP contribution in [0.3, 0.4) is 0 Å². The minimum absolute atomic E-state index is 0.00653. The van der Waals surface area contributed by atoms with Crippen LogP contribution in [0.1, 0.15) is 61.8 Å². The Morgan fingerprint density at radius 3 is 2.81 bits per heavy atom. The Bertz CT molecular complexity index is 1780. The molecule has 2 aliphatic heterocycles. The molecule has 0 bridgehead atoms. The minimum atomic E-state index is -0.899. The summed E-state index contributed by atoms with van der Waals surface area (Å²) >= 11 is 1.39. The first kappa shape index (κ1) is 32.7. The number of amides is 2. The largest absolute Gasteiger partial charge is 0.489 e. The first-order chi connectivity index (χ1) is 22.7. The van der Waals surface area contributed by atoms with E-state index in [0.29, 0.717) is 53.6 Å². The molecule has 0 spiro atoms. The molecule has 246 valence electrons. The number of terminal acetylenes is 1. The number of pyridine rings is 1. The van der Waals surface area contributed by atoms with Gasteiger partial charge in [-0.3, -0.25) is 9.59 Å². The normalized spacial score (nSPS) is 25.7. The number of methoxy groups -OCH3 is 1. The van der Waals surface area contributed by atoms with Crippen LogP contribution in [0.5, 0.6) is 5.75 Å². The van der Waals surface area contributed by atoms with E-state index in [1.807, 2.05) is 25.1 Å². The molecule has 1 saturated carbocycles. The maximum absolute atomic E-state index is 14.2. The van der Waals surface area contributed by atoms with Crippen LogP contribution >= 0.6 is 11.3 Å². The van der Waals surface area contributed by atoms with E-state index in [0.717, 1.165) is 35.8 Å². The Hall–Kier alpha value is -4.27. The predicted molar refractivity (Wildman–Crippen MR) is 179 cm³/mol. The highest BCUT2D eigenvalue weighted by Gasteiger charge is 2.61. The van der Waals surface area contributed by atoms with Gasteiger partial charge in [0.25, 0.3) is 0 Å². The number of nitrogens with zero attached hydrogens (tertiary/aromatic N) is 4. The van der Waals surface area contributed by atoms with Crippen molar-refractivity contribution in [2.45, 2.75) is 70.6 Å². The Morgan fingerprint density at radius 1 is 1.23 bits per heavy atom. The first-order valence-electron chi connectivity index (χ1n) is 16.1. The van der Waals surface area contributed by atoms with Crippen LogP contribution in [0, 0.1) is 30.6 Å². The SMILES string of the molecule is C#Cc1csc(-c2cc(O[C@H]3CCN4C(=O)N(C)CCCC/C=C\[C@@H]5C[C@@]5(C(=O)OC)CC(=O)[C@@H]4C3)c3ccc(CO)c(C)c3n2)n1. The first-order valence-corrected chi connectivity index (χ1v) is 17.0. The molecule has 0 radical (unpaired) electrons. The number of urea groups is 1. The molecule has 0 unspecified atom stereocenters. The lowest BCUT2D eigenvalue weighted by Gasteiger charge is -2.40. The molecule has 1 aliphatic carbocycles. The molecule has 2 amide bonds. The summed E-state index contributed by atoms with van der Waals surface area (Å²) in [4.78, 5) is 53.7. The monoisotopic (exact) mass is 656 g/mol. The van der Waals surface area contributed by atoms with Gasteiger partial charge in [0.15, 0.2) is 5.78 Å². The van der Waals surface area contributed by atoms with Gasteiger partial charge in [0.2, 0.25) is 0 Å². The lowest BCUT2D eigenvalue weighted by Crippen LogP contribution is -2.56. The summed E-state index contributed by atoms with van der Waals surface area (Å²) in [5.41, 5.74) is 2.47. The van der Waals surface area contributed by atoms with E-state index >= 15 is 0 Å². The third kappa shape index (κ3) is 6.36. The third-order valence-corrected chi connectivity index (χ3v) is 10.7. The van der Waals surface area contributed by atoms with Gasteiger partial charge in [-0.15, -0.1) is 17.8 Å². The van der Waals surface area contributed by atoms with E-state index in [1.54, 1.807) is 22.2 Å². The molecule has 2 aromatic heterocycles. The van der Waals surface area contributed by atoms with E-state index < -0.39 is 17.6 Å². The number of allylic oxidation sites excluding steroid dienone is 2. The standard InChI is InChI=1S/C36H40N4O6S/c1-5-25-21-47-33(37-25)28-17-31(27-12-11-23(20-41)22(2)32(27)38-28)46-26-13-15-40-29(16-26)30(42)19-36(34(43)45-4)18-24(36)10-8-6-7-9-14-39(3)35(40)44/h1,8,10-12,17,21,24,26,29,41H,6-7,9,13-16,18-20H2,2-4H3/b10-8-/t24-,26+,29+,36-/m1/s1. The number of aliphatic hydroxyl groups is 1. The number of Topliss-reactive ketones (excluding diaryl/α,β-unsaturated/α-hetero) is 1. The van der Waals surface area contributed by atoms with Crippen LogP contribution in [-0.2, 0) is 20.9 Å². The van der Waals surface area contributed by atoms with Crippen molar-refractivity contribution >= 4 is 40.0 Å². The molecular weight excluding hydrogens is 616 g/mol. The van der Waals surface area contributed by atoms with Crippen molar-refractivity contribution < 1.29 is 29.0 Å². The second-order valence-corrected chi connectivity index (χ2v) is 13.7. The number of thiazole rings is 1. The summed E-state index contributed by atoms with van der Waals surface area (Å²) in [7, 11) is 3.14. The average molecular weight is 657 g/mol. The zero-order chi connectivity index (χ0) is 33.3. The number of piperidine rings is 1. The Kier molecular flexibility index (Phi) is 9.35. The summed E-state index contributed by atoms with van der Waals surface area (Å²) in [6.07, 6.45) is 13.3. The van der Waals surface area contributed by atoms with Crippen LogP contribution in [0.15, 0.2) is 35.7 Å². The highest BCUT2D eigenvalue weighted by atomic mass is 32.1.